The first-order chi connectivity index (χ1) is 41.5. The van der Waals surface area contributed by atoms with Crippen LogP contribution in [0.4, 0.5) is 26.3 Å². The van der Waals surface area contributed by atoms with E-state index < -0.39 is 51.1 Å². The third-order valence-electron chi connectivity index (χ3n) is 14.3. The van der Waals surface area contributed by atoms with Gasteiger partial charge in [0.05, 0.1) is 29.2 Å². The zero-order valence-corrected chi connectivity index (χ0v) is 47.9. The molecule has 0 unspecified atom stereocenters. The number of hydrogen-bond donors (Lipinski definition) is 0. The van der Waals surface area contributed by atoms with E-state index in [4.69, 9.17) is 0 Å². The molecule has 0 saturated carbocycles. The predicted octanol–water partition coefficient (Wildman–Crippen LogP) is 13.6. The molecule has 0 fully saturated rings. The zero-order chi connectivity index (χ0) is 60.6. The SMILES string of the molecule is O=C(c1ccccc1)c1cccc(C[P+](c2ccccc2)(c2ccccc2)c2ccccc2)c1.O=C(c1ccccc1)c1cccc(C[P+](c2ccccc2)(c2ccccc2)c2ccccc2)c1.[O-]B([O-])Oc1cc(C(F)(F)F)cc(C(F)(F)F)c1. The number of halogens is 6. The van der Waals surface area contributed by atoms with Gasteiger partial charge in [0.15, 0.2) is 11.6 Å². The molecule has 11 rings (SSSR count). The molecule has 0 saturated heterocycles. The van der Waals surface area contributed by atoms with E-state index in [1.807, 2.05) is 84.9 Å². The van der Waals surface area contributed by atoms with Crippen molar-refractivity contribution >= 4 is 65.2 Å². The van der Waals surface area contributed by atoms with Crippen LogP contribution in [0.2, 0.25) is 0 Å². The van der Waals surface area contributed by atoms with Gasteiger partial charge in [-0.1, -0.05) is 206 Å². The summed E-state index contributed by atoms with van der Waals surface area (Å²) in [5.74, 6) is -0.955. The van der Waals surface area contributed by atoms with E-state index >= 15 is 0 Å². The number of carbonyl (C=O) groups excluding carboxylic acids is 2. The molecule has 0 heterocycles. The maximum absolute atomic E-state index is 13.2. The number of ketones is 2. The van der Waals surface area contributed by atoms with Crippen molar-refractivity contribution in [2.75, 3.05) is 0 Å². The molecule has 11 aromatic carbocycles. The van der Waals surface area contributed by atoms with Gasteiger partial charge in [-0.15, -0.1) is 0 Å². The fourth-order valence-corrected chi connectivity index (χ4v) is 18.8. The summed E-state index contributed by atoms with van der Waals surface area (Å²) >= 11 is 0. The van der Waals surface area contributed by atoms with Crippen LogP contribution < -0.4 is 46.5 Å². The van der Waals surface area contributed by atoms with Crippen LogP contribution in [-0.2, 0) is 24.7 Å². The van der Waals surface area contributed by atoms with Gasteiger partial charge in [0.2, 0.25) is 0 Å². The van der Waals surface area contributed by atoms with Crippen LogP contribution in [-0.4, -0.2) is 18.9 Å². The Kier molecular flexibility index (Phi) is 20.2. The average Bonchev–Trinajstić information content (AvgIpc) is 1.12. The number of hydrogen-bond acceptors (Lipinski definition) is 5. The molecule has 0 aromatic heterocycles. The second-order valence-corrected chi connectivity index (χ2v) is 26.9. The molecule has 428 valence electrons. The predicted molar refractivity (Wildman–Crippen MR) is 333 cm³/mol. The highest BCUT2D eigenvalue weighted by Gasteiger charge is 2.47. The molecule has 0 atom stereocenters. The first-order valence-electron chi connectivity index (χ1n) is 27.3. The summed E-state index contributed by atoms with van der Waals surface area (Å²) < 4.78 is 77.5. The number of benzene rings is 11. The molecule has 0 radical (unpaired) electrons. The molecule has 0 aliphatic heterocycles. The Morgan fingerprint density at radius 1 is 0.326 bits per heavy atom. The van der Waals surface area contributed by atoms with Crippen molar-refractivity contribution in [3.05, 3.63) is 354 Å². The van der Waals surface area contributed by atoms with E-state index in [1.165, 1.54) is 43.0 Å². The Balaban J connectivity index is 0.000000162. The summed E-state index contributed by atoms with van der Waals surface area (Å²) in [4.78, 5) is 26.4. The number of carbonyl (C=O) groups is 2. The molecule has 0 N–H and O–H groups in total. The van der Waals surface area contributed by atoms with Crippen LogP contribution in [0.15, 0.2) is 309 Å². The van der Waals surface area contributed by atoms with E-state index in [0.29, 0.717) is 0 Å². The Hall–Kier alpha value is -9.02. The van der Waals surface area contributed by atoms with E-state index in [9.17, 15) is 46.0 Å². The average molecular weight is 1190 g/mol. The lowest BCUT2D eigenvalue weighted by Crippen LogP contribution is -2.50. The molecule has 86 heavy (non-hydrogen) atoms. The Morgan fingerprint density at radius 3 is 0.814 bits per heavy atom. The minimum Gasteiger partial charge on any atom is -0.860 e. The van der Waals surface area contributed by atoms with Gasteiger partial charge < -0.3 is 14.7 Å². The number of alkyl halides is 6. The van der Waals surface area contributed by atoms with Crippen LogP contribution in [0.5, 0.6) is 5.75 Å². The molecule has 5 nitrogen and oxygen atoms in total. The summed E-state index contributed by atoms with van der Waals surface area (Å²) in [6.45, 7) is 0. The minimum absolute atomic E-state index is 0.0607. The van der Waals surface area contributed by atoms with Crippen molar-refractivity contribution < 1.29 is 50.6 Å². The van der Waals surface area contributed by atoms with Crippen LogP contribution in [0.25, 0.3) is 0 Å². The monoisotopic (exact) mass is 1190 g/mol. The lowest BCUT2D eigenvalue weighted by molar-refractivity contribution is -0.372. The van der Waals surface area contributed by atoms with Gasteiger partial charge in [0.1, 0.15) is 53.7 Å². The van der Waals surface area contributed by atoms with Crippen LogP contribution in [0.1, 0.15) is 54.1 Å². The van der Waals surface area contributed by atoms with E-state index in [-0.39, 0.29) is 29.8 Å². The van der Waals surface area contributed by atoms with Gasteiger partial charge in [0.25, 0.3) is 0 Å². The summed E-state index contributed by atoms with van der Waals surface area (Å²) in [5, 5.41) is 28.2. The molecule has 14 heteroatoms. The first-order valence-corrected chi connectivity index (χ1v) is 31.2. The maximum Gasteiger partial charge on any atom is 0.416 e. The first kappa shape index (κ1) is 61.5. The standard InChI is InChI=1S/2C32H26OP.C8H3BF6O3/c2*33-32(27-15-5-1-6-16-27)28-17-13-14-26(24-28)25-34(29-18-7-2-8-19-29,30-20-9-3-10-21-30)31-22-11-4-12-23-31;10-7(11,12)4-1-5(8(13,14)15)3-6(2-4)18-9(16)17/h2*1-24H,25H2;1-3H/q2*+1;-2. The fourth-order valence-electron chi connectivity index (χ4n) is 10.3. The summed E-state index contributed by atoms with van der Waals surface area (Å²) in [6, 6.07) is 101. The van der Waals surface area contributed by atoms with Crippen molar-refractivity contribution in [2.45, 2.75) is 24.7 Å². The van der Waals surface area contributed by atoms with Gasteiger partial charge in [-0.25, -0.2) is 0 Å². The molecule has 0 aliphatic carbocycles. The fraction of sp³-hybridized carbons (Fsp3) is 0.0556. The summed E-state index contributed by atoms with van der Waals surface area (Å²) in [6.07, 6.45) is -8.41. The van der Waals surface area contributed by atoms with Crippen molar-refractivity contribution in [1.82, 2.24) is 0 Å². The lowest BCUT2D eigenvalue weighted by atomic mass is 10.0. The van der Waals surface area contributed by atoms with Crippen molar-refractivity contribution in [3.8, 4) is 5.75 Å². The van der Waals surface area contributed by atoms with Crippen LogP contribution in [0.3, 0.4) is 0 Å². The van der Waals surface area contributed by atoms with Crippen LogP contribution in [0, 0.1) is 0 Å². The Labute approximate surface area is 497 Å². The largest absolute Gasteiger partial charge is 0.860 e. The van der Waals surface area contributed by atoms with Crippen molar-refractivity contribution in [2.24, 2.45) is 0 Å². The summed E-state index contributed by atoms with van der Waals surface area (Å²) in [7, 11) is -7.04. The molecular weight excluding hydrogens is 1130 g/mol. The van der Waals surface area contributed by atoms with E-state index in [0.717, 1.165) is 34.6 Å². The maximum atomic E-state index is 13.2. The zero-order valence-electron chi connectivity index (χ0n) is 46.1. The third kappa shape index (κ3) is 15.1. The molecule has 0 bridgehead atoms. The molecule has 0 spiro atoms. The van der Waals surface area contributed by atoms with Gasteiger partial charge >= 0.3 is 12.4 Å². The van der Waals surface area contributed by atoms with Crippen molar-refractivity contribution in [1.29, 1.82) is 0 Å². The van der Waals surface area contributed by atoms with E-state index in [1.54, 1.807) is 0 Å². The summed E-state index contributed by atoms with van der Waals surface area (Å²) in [5.41, 5.74) is 1.93. The van der Waals surface area contributed by atoms with Gasteiger partial charge in [0, 0.05) is 22.3 Å². The van der Waals surface area contributed by atoms with Crippen molar-refractivity contribution in [3.63, 3.8) is 0 Å². The quantitative estimate of drug-likeness (QED) is 0.0416. The second-order valence-electron chi connectivity index (χ2n) is 19.9. The Bertz CT molecular complexity index is 3500. The highest BCUT2D eigenvalue weighted by molar-refractivity contribution is 7.95. The lowest BCUT2D eigenvalue weighted by Gasteiger charge is -2.28. The Morgan fingerprint density at radius 2 is 0.570 bits per heavy atom. The van der Waals surface area contributed by atoms with Gasteiger partial charge in [-0.3, -0.25) is 9.59 Å². The third-order valence-corrected chi connectivity index (χ3v) is 23.0. The van der Waals surface area contributed by atoms with Gasteiger partial charge in [-0.2, -0.15) is 26.3 Å². The van der Waals surface area contributed by atoms with Crippen LogP contribution >= 0.6 is 14.5 Å². The highest BCUT2D eigenvalue weighted by Crippen LogP contribution is 2.59. The smallest absolute Gasteiger partial charge is 0.416 e. The highest BCUT2D eigenvalue weighted by atomic mass is 31.2. The minimum atomic E-state index is -5.05. The van der Waals surface area contributed by atoms with Gasteiger partial charge in [-0.05, 0) is 114 Å². The topological polar surface area (TPSA) is 89.5 Å². The normalized spacial score (nSPS) is 11.4. The second kappa shape index (κ2) is 28.2. The molecular formula is C72H55BF6O5P2. The van der Waals surface area contributed by atoms with E-state index in [2.05, 4.69) is 211 Å². The molecule has 0 amide bonds. The molecule has 0 aliphatic rings. The molecule has 11 aromatic rings. The number of rotatable bonds is 16.